The molecule has 13 heavy (non-hydrogen) atoms. The fraction of sp³-hybridized carbons (Fsp3) is 0.400. The Labute approximate surface area is 77.8 Å². The predicted molar refractivity (Wildman–Crippen MR) is 50.2 cm³/mol. The van der Waals surface area contributed by atoms with Crippen molar-refractivity contribution in [3.05, 3.63) is 23.5 Å². The van der Waals surface area contributed by atoms with Gasteiger partial charge < -0.3 is 4.74 Å². The van der Waals surface area contributed by atoms with E-state index < -0.39 is 0 Å². The van der Waals surface area contributed by atoms with Gasteiger partial charge in [0.2, 0.25) is 0 Å². The first-order valence-corrected chi connectivity index (χ1v) is 4.24. The van der Waals surface area contributed by atoms with Crippen LogP contribution in [-0.2, 0) is 6.42 Å². The lowest BCUT2D eigenvalue weighted by molar-refractivity contribution is 0.100. The standard InChI is InChI=1S/C10H13NO2/c1-4-8-5-6-9(13-3)10(11-8)7(2)12/h5-6H,4H2,1-3H3. The number of hydrogen-bond donors (Lipinski definition) is 0. The Kier molecular flexibility index (Phi) is 3.01. The molecule has 0 aromatic carbocycles. The first kappa shape index (κ1) is 9.71. The summed E-state index contributed by atoms with van der Waals surface area (Å²) >= 11 is 0. The summed E-state index contributed by atoms with van der Waals surface area (Å²) in [5, 5.41) is 0. The Morgan fingerprint density at radius 3 is 2.69 bits per heavy atom. The van der Waals surface area contributed by atoms with Crippen LogP contribution in [0.5, 0.6) is 5.75 Å². The molecule has 0 saturated heterocycles. The van der Waals surface area contributed by atoms with Gasteiger partial charge in [-0.1, -0.05) is 6.92 Å². The summed E-state index contributed by atoms with van der Waals surface area (Å²) < 4.78 is 5.02. The second kappa shape index (κ2) is 4.03. The molecule has 0 amide bonds. The van der Waals surface area contributed by atoms with E-state index in [1.54, 1.807) is 6.07 Å². The molecule has 0 aliphatic heterocycles. The summed E-state index contributed by atoms with van der Waals surface area (Å²) in [5.74, 6) is 0.483. The van der Waals surface area contributed by atoms with Crippen LogP contribution in [-0.4, -0.2) is 17.9 Å². The highest BCUT2D eigenvalue weighted by molar-refractivity contribution is 5.94. The highest BCUT2D eigenvalue weighted by Gasteiger charge is 2.09. The average molecular weight is 179 g/mol. The van der Waals surface area contributed by atoms with Crippen molar-refractivity contribution in [1.29, 1.82) is 0 Å². The zero-order valence-electron chi connectivity index (χ0n) is 8.13. The molecular formula is C10H13NO2. The number of methoxy groups -OCH3 is 1. The van der Waals surface area contributed by atoms with Crippen LogP contribution in [0.1, 0.15) is 30.0 Å². The van der Waals surface area contributed by atoms with Crippen molar-refractivity contribution in [2.75, 3.05) is 7.11 Å². The Morgan fingerprint density at radius 1 is 1.54 bits per heavy atom. The highest BCUT2D eigenvalue weighted by Crippen LogP contribution is 2.16. The van der Waals surface area contributed by atoms with Gasteiger partial charge in [0.15, 0.2) is 5.78 Å². The summed E-state index contributed by atoms with van der Waals surface area (Å²) in [7, 11) is 1.54. The average Bonchev–Trinajstić information content (AvgIpc) is 2.16. The summed E-state index contributed by atoms with van der Waals surface area (Å²) in [6, 6.07) is 3.65. The van der Waals surface area contributed by atoms with E-state index in [4.69, 9.17) is 4.74 Å². The zero-order chi connectivity index (χ0) is 9.84. The molecule has 0 bridgehead atoms. The molecule has 1 heterocycles. The van der Waals surface area contributed by atoms with Crippen LogP contribution < -0.4 is 4.74 Å². The minimum absolute atomic E-state index is 0.0628. The summed E-state index contributed by atoms with van der Waals surface area (Å²) in [4.78, 5) is 15.3. The SMILES string of the molecule is CCc1ccc(OC)c(C(C)=O)n1. The van der Waals surface area contributed by atoms with Crippen LogP contribution in [0.4, 0.5) is 0 Å². The molecule has 0 N–H and O–H groups in total. The molecule has 0 spiro atoms. The third kappa shape index (κ3) is 2.05. The van der Waals surface area contributed by atoms with Crippen LogP contribution in [0.3, 0.4) is 0 Å². The second-order valence-corrected chi connectivity index (χ2v) is 2.76. The number of rotatable bonds is 3. The molecular weight excluding hydrogens is 166 g/mol. The Balaban J connectivity index is 3.18. The molecule has 0 unspecified atom stereocenters. The smallest absolute Gasteiger partial charge is 0.181 e. The van der Waals surface area contributed by atoms with Crippen LogP contribution in [0, 0.1) is 0 Å². The van der Waals surface area contributed by atoms with E-state index in [-0.39, 0.29) is 5.78 Å². The Morgan fingerprint density at radius 2 is 2.23 bits per heavy atom. The number of ketones is 1. The van der Waals surface area contributed by atoms with E-state index in [2.05, 4.69) is 4.98 Å². The number of aromatic nitrogens is 1. The van der Waals surface area contributed by atoms with E-state index in [1.807, 2.05) is 13.0 Å². The molecule has 3 nitrogen and oxygen atoms in total. The normalized spacial score (nSPS) is 9.77. The fourth-order valence-electron chi connectivity index (χ4n) is 1.10. The maximum absolute atomic E-state index is 11.2. The van der Waals surface area contributed by atoms with Crippen molar-refractivity contribution >= 4 is 5.78 Å². The van der Waals surface area contributed by atoms with E-state index in [0.29, 0.717) is 11.4 Å². The number of aryl methyl sites for hydroxylation is 1. The molecule has 0 saturated carbocycles. The van der Waals surface area contributed by atoms with Gasteiger partial charge in [0.1, 0.15) is 11.4 Å². The fourth-order valence-corrected chi connectivity index (χ4v) is 1.10. The van der Waals surface area contributed by atoms with Crippen LogP contribution >= 0.6 is 0 Å². The molecule has 70 valence electrons. The van der Waals surface area contributed by atoms with E-state index in [1.165, 1.54) is 14.0 Å². The van der Waals surface area contributed by atoms with Gasteiger partial charge in [-0.3, -0.25) is 4.79 Å². The topological polar surface area (TPSA) is 39.2 Å². The highest BCUT2D eigenvalue weighted by atomic mass is 16.5. The lowest BCUT2D eigenvalue weighted by atomic mass is 10.2. The van der Waals surface area contributed by atoms with Gasteiger partial charge in [-0.25, -0.2) is 4.98 Å². The maximum atomic E-state index is 11.2. The number of ether oxygens (including phenoxy) is 1. The van der Waals surface area contributed by atoms with Gasteiger partial charge in [0, 0.05) is 12.6 Å². The molecule has 0 radical (unpaired) electrons. The molecule has 1 aromatic heterocycles. The van der Waals surface area contributed by atoms with Crippen molar-refractivity contribution in [1.82, 2.24) is 4.98 Å². The molecule has 0 aliphatic rings. The summed E-state index contributed by atoms with van der Waals surface area (Å²) in [6.45, 7) is 3.49. The Bertz CT molecular complexity index is 321. The number of carbonyl (C=O) groups is 1. The van der Waals surface area contributed by atoms with E-state index >= 15 is 0 Å². The number of Topliss-reactive ketones (excluding diaryl/α,β-unsaturated/α-hetero) is 1. The van der Waals surface area contributed by atoms with Crippen molar-refractivity contribution in [2.45, 2.75) is 20.3 Å². The zero-order valence-corrected chi connectivity index (χ0v) is 8.13. The van der Waals surface area contributed by atoms with Crippen molar-refractivity contribution in [3.63, 3.8) is 0 Å². The maximum Gasteiger partial charge on any atom is 0.181 e. The van der Waals surface area contributed by atoms with Crippen molar-refractivity contribution in [2.24, 2.45) is 0 Å². The van der Waals surface area contributed by atoms with E-state index in [9.17, 15) is 4.79 Å². The lowest BCUT2D eigenvalue weighted by Gasteiger charge is -2.05. The van der Waals surface area contributed by atoms with Gasteiger partial charge in [-0.15, -0.1) is 0 Å². The number of pyridine rings is 1. The molecule has 1 aromatic rings. The summed E-state index contributed by atoms with van der Waals surface area (Å²) in [5.41, 5.74) is 1.33. The number of nitrogens with zero attached hydrogens (tertiary/aromatic N) is 1. The molecule has 3 heteroatoms. The second-order valence-electron chi connectivity index (χ2n) is 2.76. The molecule has 0 atom stereocenters. The predicted octanol–water partition coefficient (Wildman–Crippen LogP) is 1.86. The van der Waals surface area contributed by atoms with Gasteiger partial charge in [0.05, 0.1) is 7.11 Å². The number of hydrogen-bond acceptors (Lipinski definition) is 3. The first-order chi connectivity index (χ1) is 6.19. The third-order valence-electron chi connectivity index (χ3n) is 1.83. The summed E-state index contributed by atoms with van der Waals surface area (Å²) in [6.07, 6.45) is 0.824. The van der Waals surface area contributed by atoms with E-state index in [0.717, 1.165) is 12.1 Å². The van der Waals surface area contributed by atoms with Gasteiger partial charge >= 0.3 is 0 Å². The van der Waals surface area contributed by atoms with Gasteiger partial charge in [-0.2, -0.15) is 0 Å². The van der Waals surface area contributed by atoms with Gasteiger partial charge in [0.25, 0.3) is 0 Å². The Hall–Kier alpha value is -1.38. The first-order valence-electron chi connectivity index (χ1n) is 4.24. The van der Waals surface area contributed by atoms with Crippen LogP contribution in [0.2, 0.25) is 0 Å². The minimum atomic E-state index is -0.0628. The largest absolute Gasteiger partial charge is 0.494 e. The van der Waals surface area contributed by atoms with Crippen LogP contribution in [0.25, 0.3) is 0 Å². The monoisotopic (exact) mass is 179 g/mol. The van der Waals surface area contributed by atoms with Crippen LogP contribution in [0.15, 0.2) is 12.1 Å². The van der Waals surface area contributed by atoms with Crippen molar-refractivity contribution in [3.8, 4) is 5.75 Å². The van der Waals surface area contributed by atoms with Gasteiger partial charge in [-0.05, 0) is 18.6 Å². The molecule has 0 aliphatic carbocycles. The van der Waals surface area contributed by atoms with Crippen molar-refractivity contribution < 1.29 is 9.53 Å². The quantitative estimate of drug-likeness (QED) is 0.665. The molecule has 1 rings (SSSR count). The number of carbonyl (C=O) groups excluding carboxylic acids is 1. The lowest BCUT2D eigenvalue weighted by Crippen LogP contribution is -2.03. The minimum Gasteiger partial charge on any atom is -0.494 e. The third-order valence-corrected chi connectivity index (χ3v) is 1.83. The molecule has 0 fully saturated rings.